The van der Waals surface area contributed by atoms with Gasteiger partial charge in [-0.3, -0.25) is 4.79 Å². The van der Waals surface area contributed by atoms with Gasteiger partial charge < -0.3 is 15.2 Å². The molecule has 6 heteroatoms. The van der Waals surface area contributed by atoms with Crippen LogP contribution in [0, 0.1) is 11.3 Å². The number of hydrogen-bond donors (Lipinski definition) is 1. The van der Waals surface area contributed by atoms with E-state index in [9.17, 15) is 10.1 Å². The summed E-state index contributed by atoms with van der Waals surface area (Å²) < 4.78 is 11.0. The minimum absolute atomic E-state index is 0.0190. The highest BCUT2D eigenvalue weighted by Crippen LogP contribution is 2.46. The van der Waals surface area contributed by atoms with E-state index in [1.807, 2.05) is 36.4 Å². The van der Waals surface area contributed by atoms with Crippen LogP contribution in [0.3, 0.4) is 0 Å². The summed E-state index contributed by atoms with van der Waals surface area (Å²) in [7, 11) is 1.62. The molecule has 2 aromatic carbocycles. The van der Waals surface area contributed by atoms with Gasteiger partial charge >= 0.3 is 0 Å². The summed E-state index contributed by atoms with van der Waals surface area (Å²) in [5, 5.41) is 10.2. The lowest BCUT2D eigenvalue weighted by atomic mass is 9.73. The van der Waals surface area contributed by atoms with Crippen LogP contribution in [0.25, 0.3) is 0 Å². The van der Waals surface area contributed by atoms with Gasteiger partial charge in [-0.25, -0.2) is 0 Å². The first-order valence-corrected chi connectivity index (χ1v) is 9.63. The van der Waals surface area contributed by atoms with Crippen molar-refractivity contribution in [2.24, 2.45) is 5.73 Å². The van der Waals surface area contributed by atoms with E-state index in [0.29, 0.717) is 29.2 Å². The van der Waals surface area contributed by atoms with Gasteiger partial charge in [0.2, 0.25) is 5.88 Å². The van der Waals surface area contributed by atoms with Gasteiger partial charge in [0.15, 0.2) is 5.78 Å². The van der Waals surface area contributed by atoms with Crippen LogP contribution in [0.15, 0.2) is 71.3 Å². The second-order valence-corrected chi connectivity index (χ2v) is 7.55. The Kier molecular flexibility index (Phi) is 5.04. The number of ether oxygens (including phenoxy) is 2. The second-order valence-electron chi connectivity index (χ2n) is 7.11. The van der Waals surface area contributed by atoms with E-state index < -0.39 is 5.92 Å². The zero-order chi connectivity index (χ0) is 20.5. The molecule has 2 aliphatic rings. The predicted molar refractivity (Wildman–Crippen MR) is 109 cm³/mol. The van der Waals surface area contributed by atoms with Gasteiger partial charge in [0.05, 0.1) is 13.0 Å². The molecule has 2 atom stereocenters. The van der Waals surface area contributed by atoms with Crippen LogP contribution in [0.1, 0.15) is 35.8 Å². The number of carbonyl (C=O) groups excluding carboxylic acids is 1. The Morgan fingerprint density at radius 3 is 2.38 bits per heavy atom. The highest BCUT2D eigenvalue weighted by Gasteiger charge is 2.40. The fraction of sp³-hybridized carbons (Fsp3) is 0.217. The monoisotopic (exact) mass is 406 g/mol. The van der Waals surface area contributed by atoms with Crippen LogP contribution >= 0.6 is 11.6 Å². The number of hydrogen-bond acceptors (Lipinski definition) is 5. The zero-order valence-electron chi connectivity index (χ0n) is 15.8. The zero-order valence-corrected chi connectivity index (χ0v) is 16.6. The van der Waals surface area contributed by atoms with Gasteiger partial charge in [-0.05, 0) is 41.3 Å². The lowest BCUT2D eigenvalue weighted by Crippen LogP contribution is -2.29. The normalized spacial score (nSPS) is 21.3. The van der Waals surface area contributed by atoms with Crippen LogP contribution in [0.2, 0.25) is 5.02 Å². The fourth-order valence-electron chi connectivity index (χ4n) is 4.01. The van der Waals surface area contributed by atoms with Crippen molar-refractivity contribution in [2.75, 3.05) is 7.11 Å². The molecular weight excluding hydrogens is 388 g/mol. The standard InChI is InChI=1S/C23H19ClN2O3/c1-28-17-8-4-13(5-9-17)15-10-19(27)22-20(11-15)29-23(26)18(12-25)21(22)14-2-6-16(24)7-3-14/h2-9,15,21H,10-11,26H2,1H3/t15-,21-/m1/s1. The Bertz CT molecular complexity index is 1060. The van der Waals surface area contributed by atoms with Gasteiger partial charge in [0.1, 0.15) is 23.2 Å². The number of carbonyl (C=O) groups is 1. The lowest BCUT2D eigenvalue weighted by molar-refractivity contribution is -0.117. The van der Waals surface area contributed by atoms with Gasteiger partial charge in [-0.1, -0.05) is 35.9 Å². The molecule has 0 bridgehead atoms. The molecule has 0 saturated heterocycles. The molecule has 0 unspecified atom stereocenters. The predicted octanol–water partition coefficient (Wildman–Crippen LogP) is 4.56. The third-order valence-corrected chi connectivity index (χ3v) is 5.70. The van der Waals surface area contributed by atoms with Crippen molar-refractivity contribution >= 4 is 17.4 Å². The van der Waals surface area contributed by atoms with E-state index in [1.165, 1.54) is 0 Å². The van der Waals surface area contributed by atoms with E-state index in [1.54, 1.807) is 19.2 Å². The summed E-state index contributed by atoms with van der Waals surface area (Å²) in [6, 6.07) is 16.9. The minimum Gasteiger partial charge on any atom is -0.497 e. The molecule has 0 amide bonds. The van der Waals surface area contributed by atoms with Crippen molar-refractivity contribution in [3.05, 3.63) is 87.5 Å². The molecule has 146 valence electrons. The van der Waals surface area contributed by atoms with Gasteiger partial charge in [0, 0.05) is 23.4 Å². The number of ketones is 1. The smallest absolute Gasteiger partial charge is 0.205 e. The van der Waals surface area contributed by atoms with Crippen LogP contribution in [0.4, 0.5) is 0 Å². The maximum absolute atomic E-state index is 13.2. The van der Waals surface area contributed by atoms with Crippen LogP contribution < -0.4 is 10.5 Å². The average molecular weight is 407 g/mol. The first kappa shape index (κ1) is 19.1. The number of allylic oxidation sites excluding steroid dienone is 3. The Balaban J connectivity index is 1.74. The highest BCUT2D eigenvalue weighted by molar-refractivity contribution is 6.30. The molecule has 0 aromatic heterocycles. The summed E-state index contributed by atoms with van der Waals surface area (Å²) in [6.45, 7) is 0. The van der Waals surface area contributed by atoms with Crippen LogP contribution in [-0.2, 0) is 9.53 Å². The topological polar surface area (TPSA) is 85.3 Å². The summed E-state index contributed by atoms with van der Waals surface area (Å²) in [5.41, 5.74) is 8.66. The number of nitriles is 1. The summed E-state index contributed by atoms with van der Waals surface area (Å²) in [4.78, 5) is 13.2. The van der Waals surface area contributed by atoms with Gasteiger partial charge in [-0.15, -0.1) is 0 Å². The van der Waals surface area contributed by atoms with Crippen molar-refractivity contribution in [3.8, 4) is 11.8 Å². The molecule has 1 heterocycles. The number of halogens is 1. The Hall–Kier alpha value is -3.23. The summed E-state index contributed by atoms with van der Waals surface area (Å²) in [6.07, 6.45) is 0.883. The summed E-state index contributed by atoms with van der Waals surface area (Å²) >= 11 is 6.01. The second kappa shape index (κ2) is 7.65. The molecule has 1 aliphatic heterocycles. The average Bonchev–Trinajstić information content (AvgIpc) is 2.73. The number of rotatable bonds is 3. The molecule has 0 saturated carbocycles. The van der Waals surface area contributed by atoms with E-state index in [0.717, 1.165) is 16.9 Å². The van der Waals surface area contributed by atoms with E-state index in [4.69, 9.17) is 26.8 Å². The Morgan fingerprint density at radius 1 is 1.10 bits per heavy atom. The number of benzene rings is 2. The highest BCUT2D eigenvalue weighted by atomic mass is 35.5. The quantitative estimate of drug-likeness (QED) is 0.807. The third kappa shape index (κ3) is 3.48. The fourth-order valence-corrected chi connectivity index (χ4v) is 4.13. The molecule has 29 heavy (non-hydrogen) atoms. The molecule has 5 nitrogen and oxygen atoms in total. The molecule has 0 radical (unpaired) electrons. The van der Waals surface area contributed by atoms with Crippen molar-refractivity contribution in [1.29, 1.82) is 5.26 Å². The third-order valence-electron chi connectivity index (χ3n) is 5.45. The number of methoxy groups -OCH3 is 1. The summed E-state index contributed by atoms with van der Waals surface area (Å²) in [5.74, 6) is 0.762. The first-order chi connectivity index (χ1) is 14.0. The maximum Gasteiger partial charge on any atom is 0.205 e. The largest absolute Gasteiger partial charge is 0.497 e. The van der Waals surface area contributed by atoms with Crippen molar-refractivity contribution in [3.63, 3.8) is 0 Å². The van der Waals surface area contributed by atoms with Crippen LogP contribution in [0.5, 0.6) is 5.75 Å². The number of nitrogens with zero attached hydrogens (tertiary/aromatic N) is 1. The van der Waals surface area contributed by atoms with Crippen molar-refractivity contribution in [2.45, 2.75) is 24.7 Å². The van der Waals surface area contributed by atoms with Gasteiger partial charge in [-0.2, -0.15) is 5.26 Å². The SMILES string of the molecule is COc1ccc([C@@H]2CC(=O)C3=C(C2)OC(N)=C(C#N)[C@H]3c2ccc(Cl)cc2)cc1. The molecule has 2 aromatic rings. The first-order valence-electron chi connectivity index (χ1n) is 9.25. The van der Waals surface area contributed by atoms with Gasteiger partial charge in [0.25, 0.3) is 0 Å². The molecular formula is C23H19ClN2O3. The Morgan fingerprint density at radius 2 is 1.76 bits per heavy atom. The molecule has 1 aliphatic carbocycles. The molecule has 0 spiro atoms. The van der Waals surface area contributed by atoms with E-state index in [-0.39, 0.29) is 23.2 Å². The molecule has 0 fully saturated rings. The van der Waals surface area contributed by atoms with E-state index >= 15 is 0 Å². The van der Waals surface area contributed by atoms with Crippen LogP contribution in [-0.4, -0.2) is 12.9 Å². The van der Waals surface area contributed by atoms with Crippen molar-refractivity contribution in [1.82, 2.24) is 0 Å². The number of nitrogens with two attached hydrogens (primary N) is 1. The minimum atomic E-state index is -0.537. The lowest BCUT2D eigenvalue weighted by Gasteiger charge is -2.34. The molecule has 2 N–H and O–H groups in total. The Labute approximate surface area is 174 Å². The number of Topliss-reactive ketones (excluding diaryl/α,β-unsaturated/α-hetero) is 1. The van der Waals surface area contributed by atoms with E-state index in [2.05, 4.69) is 6.07 Å². The molecule has 4 rings (SSSR count). The van der Waals surface area contributed by atoms with Crippen molar-refractivity contribution < 1.29 is 14.3 Å². The maximum atomic E-state index is 13.2.